The molecule has 4 rings (SSSR count). The van der Waals surface area contributed by atoms with Crippen LogP contribution >= 0.6 is 0 Å². The Morgan fingerprint density at radius 1 is 1.00 bits per heavy atom. The van der Waals surface area contributed by atoms with Gasteiger partial charge in [-0.15, -0.1) is 0 Å². The van der Waals surface area contributed by atoms with Gasteiger partial charge in [0.2, 0.25) is 0 Å². The minimum atomic E-state index is 0.464. The van der Waals surface area contributed by atoms with E-state index in [1.165, 1.54) is 29.2 Å². The molecule has 0 aromatic heterocycles. The second-order valence-corrected chi connectivity index (χ2v) is 6.16. The van der Waals surface area contributed by atoms with Crippen molar-refractivity contribution >= 4 is 5.84 Å². The van der Waals surface area contributed by atoms with Crippen LogP contribution in [-0.4, -0.2) is 42.6 Å². The average Bonchev–Trinajstić information content (AvgIpc) is 3.19. The Balaban J connectivity index is 1.84. The SMILES string of the molecule is CC1CC(c2ccccc2)C(=C2NCCN2)C2=[N+]1CCN2. The van der Waals surface area contributed by atoms with Gasteiger partial charge < -0.3 is 10.6 Å². The highest BCUT2D eigenvalue weighted by Gasteiger charge is 2.41. The quantitative estimate of drug-likeness (QED) is 0.673. The van der Waals surface area contributed by atoms with E-state index in [4.69, 9.17) is 0 Å². The molecule has 0 radical (unpaired) electrons. The number of benzene rings is 1. The first-order valence-electron chi connectivity index (χ1n) is 7.99. The molecule has 2 unspecified atom stereocenters. The molecule has 1 aromatic carbocycles. The van der Waals surface area contributed by atoms with Crippen molar-refractivity contribution in [3.05, 3.63) is 47.3 Å². The van der Waals surface area contributed by atoms with Crippen molar-refractivity contribution in [2.24, 2.45) is 0 Å². The van der Waals surface area contributed by atoms with Gasteiger partial charge in [0.05, 0.1) is 11.6 Å². The zero-order chi connectivity index (χ0) is 14.2. The fraction of sp³-hybridized carbons (Fsp3) is 0.471. The van der Waals surface area contributed by atoms with Crippen LogP contribution in [0.1, 0.15) is 24.8 Å². The predicted octanol–water partition coefficient (Wildman–Crippen LogP) is 0.981. The first-order valence-corrected chi connectivity index (χ1v) is 7.99. The van der Waals surface area contributed by atoms with Crippen molar-refractivity contribution in [3.63, 3.8) is 0 Å². The number of hydrogen-bond donors (Lipinski definition) is 3. The van der Waals surface area contributed by atoms with Gasteiger partial charge in [0.1, 0.15) is 18.9 Å². The highest BCUT2D eigenvalue weighted by molar-refractivity contribution is 5.97. The number of rotatable bonds is 1. The van der Waals surface area contributed by atoms with Crippen molar-refractivity contribution in [2.45, 2.75) is 25.3 Å². The molecule has 4 nitrogen and oxygen atoms in total. The summed E-state index contributed by atoms with van der Waals surface area (Å²) in [5, 5.41) is 10.7. The summed E-state index contributed by atoms with van der Waals surface area (Å²) in [4.78, 5) is 0. The summed E-state index contributed by atoms with van der Waals surface area (Å²) < 4.78 is 2.53. The first kappa shape index (κ1) is 12.7. The molecular formula is C17H23N4+. The summed E-state index contributed by atoms with van der Waals surface area (Å²) in [5.41, 5.74) is 2.84. The van der Waals surface area contributed by atoms with Gasteiger partial charge in [-0.1, -0.05) is 30.3 Å². The number of nitrogens with zero attached hydrogens (tertiary/aromatic N) is 1. The summed E-state index contributed by atoms with van der Waals surface area (Å²) in [6.07, 6.45) is 1.18. The molecule has 3 aliphatic heterocycles. The van der Waals surface area contributed by atoms with E-state index in [-0.39, 0.29) is 0 Å². The minimum absolute atomic E-state index is 0.464. The van der Waals surface area contributed by atoms with Crippen molar-refractivity contribution in [1.29, 1.82) is 0 Å². The van der Waals surface area contributed by atoms with Gasteiger partial charge in [-0.3, -0.25) is 9.89 Å². The Hall–Kier alpha value is -1.97. The smallest absolute Gasteiger partial charge is 0.277 e. The minimum Gasteiger partial charge on any atom is -0.370 e. The lowest BCUT2D eigenvalue weighted by Gasteiger charge is -2.29. The van der Waals surface area contributed by atoms with Gasteiger partial charge in [-0.25, -0.2) is 0 Å². The topological polar surface area (TPSA) is 39.1 Å². The summed E-state index contributed by atoms with van der Waals surface area (Å²) in [6.45, 7) is 6.55. The molecule has 2 atom stereocenters. The fourth-order valence-electron chi connectivity index (χ4n) is 3.86. The zero-order valence-corrected chi connectivity index (χ0v) is 12.5. The summed E-state index contributed by atoms with van der Waals surface area (Å²) in [7, 11) is 0. The van der Waals surface area contributed by atoms with Crippen LogP contribution in [0.2, 0.25) is 0 Å². The third-order valence-corrected chi connectivity index (χ3v) is 4.84. The van der Waals surface area contributed by atoms with Gasteiger partial charge in [-0.05, 0) is 18.9 Å². The standard InChI is InChI=1S/C17H22N4/c1-12-11-14(13-5-3-2-4-6-13)15(16-18-7-8-19-16)17-20-9-10-21(12)17/h2-6,12,14H,7-11H2,1H3,(H2,18,19,20)/p+1. The third-order valence-electron chi connectivity index (χ3n) is 4.84. The maximum absolute atomic E-state index is 3.62. The Bertz CT molecular complexity index is 594. The lowest BCUT2D eigenvalue weighted by Crippen LogP contribution is -2.41. The highest BCUT2D eigenvalue weighted by Crippen LogP contribution is 2.35. The van der Waals surface area contributed by atoms with Crippen molar-refractivity contribution in [1.82, 2.24) is 16.0 Å². The second-order valence-electron chi connectivity index (χ2n) is 6.16. The number of nitrogens with one attached hydrogen (secondary N) is 3. The van der Waals surface area contributed by atoms with E-state index < -0.39 is 0 Å². The molecule has 3 aliphatic rings. The van der Waals surface area contributed by atoms with Crippen LogP contribution in [-0.2, 0) is 0 Å². The van der Waals surface area contributed by atoms with Gasteiger partial charge in [0.25, 0.3) is 5.84 Å². The molecule has 110 valence electrons. The Morgan fingerprint density at radius 2 is 1.76 bits per heavy atom. The second kappa shape index (κ2) is 5.10. The molecule has 1 saturated heterocycles. The first-order chi connectivity index (χ1) is 10.3. The normalized spacial score (nSPS) is 28.0. The summed E-state index contributed by atoms with van der Waals surface area (Å²) in [6, 6.07) is 11.5. The lowest BCUT2D eigenvalue weighted by atomic mass is 9.82. The number of amidine groups is 1. The van der Waals surface area contributed by atoms with E-state index in [9.17, 15) is 0 Å². The van der Waals surface area contributed by atoms with E-state index in [1.54, 1.807) is 0 Å². The maximum Gasteiger partial charge on any atom is 0.277 e. The van der Waals surface area contributed by atoms with E-state index in [2.05, 4.69) is 57.8 Å². The molecule has 3 N–H and O–H groups in total. The van der Waals surface area contributed by atoms with Crippen LogP contribution in [0.3, 0.4) is 0 Å². The van der Waals surface area contributed by atoms with Crippen LogP contribution in [0.15, 0.2) is 41.7 Å². The van der Waals surface area contributed by atoms with Gasteiger partial charge in [-0.2, -0.15) is 0 Å². The fourth-order valence-corrected chi connectivity index (χ4v) is 3.86. The third kappa shape index (κ3) is 2.09. The molecule has 0 bridgehead atoms. The molecule has 3 heterocycles. The van der Waals surface area contributed by atoms with Crippen LogP contribution in [0, 0.1) is 0 Å². The van der Waals surface area contributed by atoms with Gasteiger partial charge in [0.15, 0.2) is 0 Å². The molecular weight excluding hydrogens is 260 g/mol. The molecule has 0 spiro atoms. The zero-order valence-electron chi connectivity index (χ0n) is 12.5. The van der Waals surface area contributed by atoms with Crippen LogP contribution < -0.4 is 16.0 Å². The highest BCUT2D eigenvalue weighted by atomic mass is 15.2. The van der Waals surface area contributed by atoms with E-state index in [1.807, 2.05) is 0 Å². The number of hydrogen-bond acceptors (Lipinski definition) is 3. The van der Waals surface area contributed by atoms with E-state index >= 15 is 0 Å². The molecule has 1 fully saturated rings. The monoisotopic (exact) mass is 283 g/mol. The molecule has 4 heteroatoms. The summed E-state index contributed by atoms with van der Waals surface area (Å²) >= 11 is 0. The van der Waals surface area contributed by atoms with Crippen molar-refractivity contribution < 1.29 is 4.58 Å². The predicted molar refractivity (Wildman–Crippen MR) is 84.4 cm³/mol. The van der Waals surface area contributed by atoms with Crippen molar-refractivity contribution in [3.8, 4) is 0 Å². The molecule has 0 saturated carbocycles. The Kier molecular flexibility index (Phi) is 3.09. The largest absolute Gasteiger partial charge is 0.370 e. The Morgan fingerprint density at radius 3 is 2.52 bits per heavy atom. The molecule has 0 aliphatic carbocycles. The average molecular weight is 283 g/mol. The molecule has 0 amide bonds. The van der Waals surface area contributed by atoms with E-state index in [0.717, 1.165) is 26.2 Å². The Labute approximate surface area is 125 Å². The van der Waals surface area contributed by atoms with Gasteiger partial charge >= 0.3 is 0 Å². The van der Waals surface area contributed by atoms with E-state index in [0.29, 0.717) is 12.0 Å². The van der Waals surface area contributed by atoms with Gasteiger partial charge in [0, 0.05) is 19.0 Å². The van der Waals surface area contributed by atoms with Crippen molar-refractivity contribution in [2.75, 3.05) is 26.2 Å². The van der Waals surface area contributed by atoms with Crippen LogP contribution in [0.4, 0.5) is 0 Å². The maximum atomic E-state index is 3.62. The summed E-state index contributed by atoms with van der Waals surface area (Å²) in [5.74, 6) is 3.02. The molecule has 1 aromatic rings. The lowest BCUT2D eigenvalue weighted by molar-refractivity contribution is -0.557. The molecule has 21 heavy (non-hydrogen) atoms. The van der Waals surface area contributed by atoms with Crippen LogP contribution in [0.5, 0.6) is 0 Å². The van der Waals surface area contributed by atoms with Crippen LogP contribution in [0.25, 0.3) is 0 Å².